The Hall–Kier alpha value is -1.38. The molecule has 0 saturated carbocycles. The summed E-state index contributed by atoms with van der Waals surface area (Å²) in [6.45, 7) is 5.48. The minimum Gasteiger partial charge on any atom is -0.377 e. The van der Waals surface area contributed by atoms with Crippen molar-refractivity contribution < 1.29 is 9.47 Å². The van der Waals surface area contributed by atoms with Crippen LogP contribution in [0.1, 0.15) is 31.1 Å². The fraction of sp³-hybridized carbons (Fsp3) is 0.375. The number of hydrogen-bond donors (Lipinski definition) is 0. The van der Waals surface area contributed by atoms with Crippen molar-refractivity contribution in [2.75, 3.05) is 13.7 Å². The first-order chi connectivity index (χ1) is 8.77. The maximum absolute atomic E-state index is 5.56. The smallest absolute Gasteiger partial charge is 0.0799 e. The van der Waals surface area contributed by atoms with Crippen LogP contribution in [-0.2, 0) is 16.1 Å². The third kappa shape index (κ3) is 2.55. The molecule has 0 saturated heterocycles. The van der Waals surface area contributed by atoms with Crippen LogP contribution in [0.2, 0.25) is 0 Å². The fourth-order valence-corrected chi connectivity index (χ4v) is 2.25. The Kier molecular flexibility index (Phi) is 4.34. The Morgan fingerprint density at radius 1 is 1.11 bits per heavy atom. The third-order valence-electron chi connectivity index (χ3n) is 3.28. The van der Waals surface area contributed by atoms with Gasteiger partial charge in [-0.2, -0.15) is 0 Å². The van der Waals surface area contributed by atoms with E-state index in [9.17, 15) is 0 Å². The van der Waals surface area contributed by atoms with Gasteiger partial charge in [0, 0.05) is 13.7 Å². The van der Waals surface area contributed by atoms with E-state index in [0.717, 1.165) is 6.61 Å². The van der Waals surface area contributed by atoms with Gasteiger partial charge in [-0.25, -0.2) is 0 Å². The molecule has 0 N–H and O–H groups in total. The quantitative estimate of drug-likeness (QED) is 0.789. The van der Waals surface area contributed by atoms with Crippen molar-refractivity contribution in [3.05, 3.63) is 47.5 Å². The molecule has 0 bridgehead atoms. The molecule has 1 unspecified atom stereocenters. The zero-order valence-electron chi connectivity index (χ0n) is 11.3. The van der Waals surface area contributed by atoms with Crippen LogP contribution in [0.5, 0.6) is 0 Å². The average Bonchev–Trinajstić information content (AvgIpc) is 2.43. The number of methoxy groups -OCH3 is 1. The summed E-state index contributed by atoms with van der Waals surface area (Å²) in [6.07, 6.45) is 0.0940. The van der Waals surface area contributed by atoms with Crippen molar-refractivity contribution in [3.63, 3.8) is 0 Å². The molecule has 0 aliphatic heterocycles. The molecule has 0 aliphatic carbocycles. The summed E-state index contributed by atoms with van der Waals surface area (Å²) in [7, 11) is 1.74. The SMILES string of the molecule is CCOCc1cccc2cccc(C(C)OC)c12. The summed E-state index contributed by atoms with van der Waals surface area (Å²) >= 11 is 0. The molecule has 1 atom stereocenters. The van der Waals surface area contributed by atoms with E-state index in [-0.39, 0.29) is 6.10 Å². The molecule has 2 aromatic rings. The molecule has 0 amide bonds. The summed E-state index contributed by atoms with van der Waals surface area (Å²) in [5.74, 6) is 0. The Morgan fingerprint density at radius 3 is 2.50 bits per heavy atom. The van der Waals surface area contributed by atoms with Gasteiger partial charge in [0.2, 0.25) is 0 Å². The molecule has 0 spiro atoms. The second-order valence-electron chi connectivity index (χ2n) is 4.38. The number of rotatable bonds is 5. The lowest BCUT2D eigenvalue weighted by atomic mass is 9.97. The van der Waals surface area contributed by atoms with Gasteiger partial charge in [-0.15, -0.1) is 0 Å². The lowest BCUT2D eigenvalue weighted by Gasteiger charge is -2.16. The predicted molar refractivity (Wildman–Crippen MR) is 74.7 cm³/mol. The zero-order valence-corrected chi connectivity index (χ0v) is 11.3. The summed E-state index contributed by atoms with van der Waals surface area (Å²) < 4.78 is 11.0. The largest absolute Gasteiger partial charge is 0.377 e. The fourth-order valence-electron chi connectivity index (χ4n) is 2.25. The molecular formula is C16H20O2. The Bertz CT molecular complexity index is 514. The van der Waals surface area contributed by atoms with Crippen molar-refractivity contribution in [1.82, 2.24) is 0 Å². The summed E-state index contributed by atoms with van der Waals surface area (Å²) in [6, 6.07) is 12.7. The molecule has 0 aromatic heterocycles. The van der Waals surface area contributed by atoms with Gasteiger partial charge in [0.25, 0.3) is 0 Å². The van der Waals surface area contributed by atoms with Gasteiger partial charge in [0.15, 0.2) is 0 Å². The molecule has 96 valence electrons. The monoisotopic (exact) mass is 244 g/mol. The summed E-state index contributed by atoms with van der Waals surface area (Å²) in [5, 5.41) is 2.51. The van der Waals surface area contributed by atoms with Gasteiger partial charge < -0.3 is 9.47 Å². The third-order valence-corrected chi connectivity index (χ3v) is 3.28. The molecule has 2 heteroatoms. The van der Waals surface area contributed by atoms with Crippen LogP contribution < -0.4 is 0 Å². The molecule has 2 rings (SSSR count). The second kappa shape index (κ2) is 5.98. The van der Waals surface area contributed by atoms with Crippen LogP contribution in [0, 0.1) is 0 Å². The van der Waals surface area contributed by atoms with Crippen molar-refractivity contribution in [2.45, 2.75) is 26.6 Å². The Labute approximate surface area is 109 Å². The minimum absolute atomic E-state index is 0.0940. The number of hydrogen-bond acceptors (Lipinski definition) is 2. The van der Waals surface area contributed by atoms with E-state index in [1.807, 2.05) is 6.92 Å². The predicted octanol–water partition coefficient (Wildman–Crippen LogP) is 4.08. The molecule has 0 radical (unpaired) electrons. The van der Waals surface area contributed by atoms with Crippen LogP contribution in [0.25, 0.3) is 10.8 Å². The van der Waals surface area contributed by atoms with Gasteiger partial charge in [-0.05, 0) is 35.7 Å². The number of benzene rings is 2. The standard InChI is InChI=1S/C16H20O2/c1-4-18-11-14-9-5-7-13-8-6-10-15(16(13)14)12(2)17-3/h5-10,12H,4,11H2,1-3H3. The molecule has 18 heavy (non-hydrogen) atoms. The van der Waals surface area contributed by atoms with E-state index in [1.54, 1.807) is 7.11 Å². The molecular weight excluding hydrogens is 224 g/mol. The van der Waals surface area contributed by atoms with E-state index < -0.39 is 0 Å². The van der Waals surface area contributed by atoms with E-state index in [1.165, 1.54) is 21.9 Å². The van der Waals surface area contributed by atoms with Crippen molar-refractivity contribution in [3.8, 4) is 0 Å². The molecule has 0 aliphatic rings. The first-order valence-corrected chi connectivity index (χ1v) is 6.39. The van der Waals surface area contributed by atoms with Gasteiger partial charge in [-0.1, -0.05) is 36.4 Å². The number of ether oxygens (including phenoxy) is 2. The summed E-state index contributed by atoms with van der Waals surface area (Å²) in [5.41, 5.74) is 2.46. The van der Waals surface area contributed by atoms with Crippen LogP contribution in [0.3, 0.4) is 0 Å². The van der Waals surface area contributed by atoms with Crippen LogP contribution in [0.4, 0.5) is 0 Å². The van der Waals surface area contributed by atoms with Crippen molar-refractivity contribution >= 4 is 10.8 Å². The highest BCUT2D eigenvalue weighted by atomic mass is 16.5. The van der Waals surface area contributed by atoms with Gasteiger partial charge in [0.1, 0.15) is 0 Å². The molecule has 2 aromatic carbocycles. The summed E-state index contributed by atoms with van der Waals surface area (Å²) in [4.78, 5) is 0. The minimum atomic E-state index is 0.0940. The van der Waals surface area contributed by atoms with Crippen molar-refractivity contribution in [1.29, 1.82) is 0 Å². The molecule has 2 nitrogen and oxygen atoms in total. The van der Waals surface area contributed by atoms with E-state index in [4.69, 9.17) is 9.47 Å². The van der Waals surface area contributed by atoms with E-state index in [0.29, 0.717) is 6.61 Å². The highest BCUT2D eigenvalue weighted by Crippen LogP contribution is 2.29. The van der Waals surface area contributed by atoms with Gasteiger partial charge in [0.05, 0.1) is 12.7 Å². The Morgan fingerprint density at radius 2 is 1.83 bits per heavy atom. The topological polar surface area (TPSA) is 18.5 Å². The van der Waals surface area contributed by atoms with Crippen LogP contribution in [0.15, 0.2) is 36.4 Å². The lowest BCUT2D eigenvalue weighted by molar-refractivity contribution is 0.120. The first kappa shape index (κ1) is 13.1. The van der Waals surface area contributed by atoms with E-state index in [2.05, 4.69) is 43.3 Å². The van der Waals surface area contributed by atoms with E-state index >= 15 is 0 Å². The van der Waals surface area contributed by atoms with Crippen LogP contribution >= 0.6 is 0 Å². The van der Waals surface area contributed by atoms with Gasteiger partial charge >= 0.3 is 0 Å². The second-order valence-corrected chi connectivity index (χ2v) is 4.38. The van der Waals surface area contributed by atoms with Crippen molar-refractivity contribution in [2.24, 2.45) is 0 Å². The van der Waals surface area contributed by atoms with Crippen LogP contribution in [-0.4, -0.2) is 13.7 Å². The Balaban J connectivity index is 2.56. The lowest BCUT2D eigenvalue weighted by Crippen LogP contribution is -2.00. The highest BCUT2D eigenvalue weighted by Gasteiger charge is 2.11. The molecule has 0 fully saturated rings. The molecule has 0 heterocycles. The highest BCUT2D eigenvalue weighted by molar-refractivity contribution is 5.89. The van der Waals surface area contributed by atoms with Gasteiger partial charge in [-0.3, -0.25) is 0 Å². The normalized spacial score (nSPS) is 12.8. The maximum atomic E-state index is 5.56. The number of fused-ring (bicyclic) bond motifs is 1. The first-order valence-electron chi connectivity index (χ1n) is 6.39. The maximum Gasteiger partial charge on any atom is 0.0799 e. The average molecular weight is 244 g/mol. The zero-order chi connectivity index (χ0) is 13.0.